The minimum atomic E-state index is -0.584. The SMILES string of the molecule is COc1cc(C(=O)NCC(=O)N/N=C\c2cc(Br)cc(Br)c2OC(=O)c2ccccc2)cc(OC)c1OC. The molecule has 12 heteroatoms. The molecule has 0 fully saturated rings. The minimum absolute atomic E-state index is 0.208. The summed E-state index contributed by atoms with van der Waals surface area (Å²) in [5, 5.41) is 6.43. The summed E-state index contributed by atoms with van der Waals surface area (Å²) in [6.45, 7) is -0.356. The molecular weight excluding hydrogens is 626 g/mol. The maximum absolute atomic E-state index is 12.6. The Kier molecular flexibility index (Phi) is 10.3. The van der Waals surface area contributed by atoms with Crippen molar-refractivity contribution in [3.8, 4) is 23.0 Å². The number of benzene rings is 3. The van der Waals surface area contributed by atoms with E-state index in [-0.39, 0.29) is 17.9 Å². The van der Waals surface area contributed by atoms with Gasteiger partial charge in [-0.05, 0) is 52.3 Å². The molecule has 2 N–H and O–H groups in total. The van der Waals surface area contributed by atoms with Crippen LogP contribution < -0.4 is 29.7 Å². The van der Waals surface area contributed by atoms with Gasteiger partial charge in [-0.15, -0.1) is 0 Å². The van der Waals surface area contributed by atoms with Gasteiger partial charge in [0.15, 0.2) is 17.2 Å². The van der Waals surface area contributed by atoms with Gasteiger partial charge < -0.3 is 24.3 Å². The molecule has 0 unspecified atom stereocenters. The van der Waals surface area contributed by atoms with Gasteiger partial charge in [0, 0.05) is 15.6 Å². The molecule has 198 valence electrons. The third kappa shape index (κ3) is 7.33. The predicted molar refractivity (Wildman–Crippen MR) is 147 cm³/mol. The van der Waals surface area contributed by atoms with Crippen LogP contribution in [0.4, 0.5) is 0 Å². The number of carbonyl (C=O) groups excluding carboxylic acids is 3. The summed E-state index contributed by atoms with van der Waals surface area (Å²) in [6.07, 6.45) is 1.32. The van der Waals surface area contributed by atoms with Gasteiger partial charge in [-0.1, -0.05) is 34.1 Å². The fraction of sp³-hybridized carbons (Fsp3) is 0.154. The zero-order chi connectivity index (χ0) is 27.7. The Hall–Kier alpha value is -3.90. The van der Waals surface area contributed by atoms with Crippen molar-refractivity contribution < 1.29 is 33.3 Å². The summed E-state index contributed by atoms with van der Waals surface area (Å²) < 4.78 is 22.5. The monoisotopic (exact) mass is 647 g/mol. The summed E-state index contributed by atoms with van der Waals surface area (Å²) in [7, 11) is 4.32. The van der Waals surface area contributed by atoms with E-state index in [1.165, 1.54) is 39.7 Å². The van der Waals surface area contributed by atoms with E-state index in [0.717, 1.165) is 0 Å². The van der Waals surface area contributed by atoms with Crippen molar-refractivity contribution in [1.82, 2.24) is 10.7 Å². The van der Waals surface area contributed by atoms with Crippen LogP contribution in [0.1, 0.15) is 26.3 Å². The van der Waals surface area contributed by atoms with Crippen molar-refractivity contribution in [2.45, 2.75) is 0 Å². The number of methoxy groups -OCH3 is 3. The molecule has 38 heavy (non-hydrogen) atoms. The van der Waals surface area contributed by atoms with Gasteiger partial charge in [0.25, 0.3) is 11.8 Å². The lowest BCUT2D eigenvalue weighted by Gasteiger charge is -2.14. The number of amides is 2. The summed E-state index contributed by atoms with van der Waals surface area (Å²) in [6, 6.07) is 14.8. The Bertz CT molecular complexity index is 1340. The van der Waals surface area contributed by atoms with Crippen LogP contribution in [0.3, 0.4) is 0 Å². The lowest BCUT2D eigenvalue weighted by molar-refractivity contribution is -0.120. The number of hydrogen-bond donors (Lipinski definition) is 2. The molecule has 2 amide bonds. The van der Waals surface area contributed by atoms with E-state index >= 15 is 0 Å². The Balaban J connectivity index is 1.65. The molecule has 0 radical (unpaired) electrons. The van der Waals surface area contributed by atoms with E-state index in [1.54, 1.807) is 42.5 Å². The molecule has 0 heterocycles. The van der Waals surface area contributed by atoms with Crippen molar-refractivity contribution in [3.63, 3.8) is 0 Å². The number of nitrogens with one attached hydrogen (secondary N) is 2. The lowest BCUT2D eigenvalue weighted by atomic mass is 10.1. The summed E-state index contributed by atoms with van der Waals surface area (Å²) >= 11 is 6.76. The molecule has 0 spiro atoms. The van der Waals surface area contributed by atoms with Crippen LogP contribution in [-0.2, 0) is 4.79 Å². The van der Waals surface area contributed by atoms with E-state index in [4.69, 9.17) is 18.9 Å². The largest absolute Gasteiger partial charge is 0.493 e. The number of nitrogens with zero attached hydrogens (tertiary/aromatic N) is 1. The molecule has 0 saturated heterocycles. The quantitative estimate of drug-likeness (QED) is 0.145. The van der Waals surface area contributed by atoms with E-state index in [1.807, 2.05) is 0 Å². The second kappa shape index (κ2) is 13.6. The first-order chi connectivity index (χ1) is 18.3. The van der Waals surface area contributed by atoms with Crippen molar-refractivity contribution >= 4 is 55.9 Å². The van der Waals surface area contributed by atoms with Crippen LogP contribution in [0.2, 0.25) is 0 Å². The third-order valence-electron chi connectivity index (χ3n) is 4.97. The first kappa shape index (κ1) is 28.7. The Morgan fingerprint density at radius 3 is 2.13 bits per heavy atom. The maximum Gasteiger partial charge on any atom is 0.343 e. The van der Waals surface area contributed by atoms with Crippen LogP contribution in [0.25, 0.3) is 0 Å². The third-order valence-corrected chi connectivity index (χ3v) is 6.02. The van der Waals surface area contributed by atoms with Crippen LogP contribution in [-0.4, -0.2) is 51.9 Å². The highest BCUT2D eigenvalue weighted by Crippen LogP contribution is 2.38. The Morgan fingerprint density at radius 1 is 0.868 bits per heavy atom. The van der Waals surface area contributed by atoms with Gasteiger partial charge >= 0.3 is 5.97 Å². The average molecular weight is 649 g/mol. The van der Waals surface area contributed by atoms with Crippen LogP contribution in [0, 0.1) is 0 Å². The summed E-state index contributed by atoms with van der Waals surface area (Å²) in [5.41, 5.74) is 3.33. The van der Waals surface area contributed by atoms with E-state index in [2.05, 4.69) is 47.7 Å². The fourth-order valence-corrected chi connectivity index (χ4v) is 4.54. The molecule has 0 aromatic heterocycles. The highest BCUT2D eigenvalue weighted by atomic mass is 79.9. The van der Waals surface area contributed by atoms with Gasteiger partial charge in [0.2, 0.25) is 5.75 Å². The van der Waals surface area contributed by atoms with Crippen LogP contribution >= 0.6 is 31.9 Å². The van der Waals surface area contributed by atoms with Crippen LogP contribution in [0.15, 0.2) is 68.6 Å². The van der Waals surface area contributed by atoms with Gasteiger partial charge in [-0.3, -0.25) is 9.59 Å². The number of halogens is 2. The molecule has 0 aliphatic carbocycles. The van der Waals surface area contributed by atoms with E-state index in [0.29, 0.717) is 37.3 Å². The van der Waals surface area contributed by atoms with Crippen LogP contribution in [0.5, 0.6) is 23.0 Å². The topological polar surface area (TPSA) is 125 Å². The first-order valence-corrected chi connectivity index (χ1v) is 12.5. The maximum atomic E-state index is 12.6. The number of rotatable bonds is 10. The molecule has 0 atom stereocenters. The highest BCUT2D eigenvalue weighted by molar-refractivity contribution is 9.11. The number of hydrazone groups is 1. The normalized spacial score (nSPS) is 10.6. The zero-order valence-corrected chi connectivity index (χ0v) is 23.7. The smallest absolute Gasteiger partial charge is 0.343 e. The molecule has 3 rings (SSSR count). The van der Waals surface area contributed by atoms with Gasteiger partial charge in [0.05, 0.1) is 44.1 Å². The number of carbonyl (C=O) groups is 3. The summed E-state index contributed by atoms with van der Waals surface area (Å²) in [5.74, 6) is -0.512. The van der Waals surface area contributed by atoms with Crippen molar-refractivity contribution in [1.29, 1.82) is 0 Å². The minimum Gasteiger partial charge on any atom is -0.493 e. The highest BCUT2D eigenvalue weighted by Gasteiger charge is 2.18. The lowest BCUT2D eigenvalue weighted by Crippen LogP contribution is -2.35. The van der Waals surface area contributed by atoms with Crippen molar-refractivity contribution in [2.24, 2.45) is 5.10 Å². The summed E-state index contributed by atoms with van der Waals surface area (Å²) in [4.78, 5) is 37.4. The van der Waals surface area contributed by atoms with E-state index in [9.17, 15) is 14.4 Å². The molecular formula is C26H23Br2N3O7. The fourth-order valence-electron chi connectivity index (χ4n) is 3.20. The second-order valence-electron chi connectivity index (χ2n) is 7.45. The number of esters is 1. The average Bonchev–Trinajstić information content (AvgIpc) is 2.92. The Labute approximate surface area is 235 Å². The zero-order valence-electron chi connectivity index (χ0n) is 20.5. The van der Waals surface area contributed by atoms with Gasteiger partial charge in [-0.25, -0.2) is 10.2 Å². The van der Waals surface area contributed by atoms with Gasteiger partial charge in [-0.2, -0.15) is 5.10 Å². The van der Waals surface area contributed by atoms with E-state index < -0.39 is 17.8 Å². The molecule has 0 saturated carbocycles. The van der Waals surface area contributed by atoms with Gasteiger partial charge in [0.1, 0.15) is 0 Å². The molecule has 3 aromatic carbocycles. The van der Waals surface area contributed by atoms with Crippen molar-refractivity contribution in [2.75, 3.05) is 27.9 Å². The molecule has 10 nitrogen and oxygen atoms in total. The van der Waals surface area contributed by atoms with Crippen molar-refractivity contribution in [3.05, 3.63) is 80.2 Å². The second-order valence-corrected chi connectivity index (χ2v) is 9.22. The standard InChI is InChI=1S/C26H23Br2N3O7/c1-35-20-10-16(11-21(36-2)24(20)37-3)25(33)29-14-22(32)31-30-13-17-9-18(27)12-19(28)23(17)38-26(34)15-7-5-4-6-8-15/h4-13H,14H2,1-3H3,(H,29,33)(H,31,32)/b30-13-. The molecule has 0 aliphatic heterocycles. The number of hydrogen-bond acceptors (Lipinski definition) is 8. The Morgan fingerprint density at radius 2 is 1.53 bits per heavy atom. The molecule has 3 aromatic rings. The first-order valence-electron chi connectivity index (χ1n) is 10.9. The molecule has 0 bridgehead atoms. The molecule has 0 aliphatic rings. The number of ether oxygens (including phenoxy) is 4. The predicted octanol–water partition coefficient (Wildman–Crippen LogP) is 4.34.